The Kier molecular flexibility index (Phi) is 3.64. The van der Waals surface area contributed by atoms with Crippen LogP contribution in [0.1, 0.15) is 6.42 Å². The topological polar surface area (TPSA) is 126 Å². The fraction of sp³-hybridized carbons (Fsp3) is 0.625. The van der Waals surface area contributed by atoms with E-state index in [1.807, 2.05) is 0 Å². The van der Waals surface area contributed by atoms with Crippen LogP contribution < -0.4 is 0 Å². The summed E-state index contributed by atoms with van der Waals surface area (Å²) >= 11 is 2.96. The first kappa shape index (κ1) is 14.4. The van der Waals surface area contributed by atoms with E-state index in [1.165, 1.54) is 7.05 Å². The number of aryl methyl sites for hydroxylation is 1. The van der Waals surface area contributed by atoms with Gasteiger partial charge in [0, 0.05) is 20.0 Å². The lowest BCUT2D eigenvalue weighted by Gasteiger charge is -2.20. The number of aliphatic hydroxyl groups is 1. The molecule has 2 heterocycles. The van der Waals surface area contributed by atoms with Gasteiger partial charge in [-0.1, -0.05) is 5.21 Å². The number of halogens is 1. The fourth-order valence-electron chi connectivity index (χ4n) is 1.98. The quantitative estimate of drug-likeness (QED) is 0.697. The number of aromatic nitrogens is 3. The van der Waals surface area contributed by atoms with Gasteiger partial charge in [-0.25, -0.2) is 13.1 Å². The number of hydrogen-bond acceptors (Lipinski definition) is 6. The summed E-state index contributed by atoms with van der Waals surface area (Å²) in [5.41, 5.74) is 0. The second-order valence-electron chi connectivity index (χ2n) is 4.13. The molecule has 1 aromatic rings. The highest BCUT2D eigenvalue weighted by atomic mass is 79.9. The van der Waals surface area contributed by atoms with Gasteiger partial charge in [0.2, 0.25) is 5.03 Å². The van der Waals surface area contributed by atoms with Crippen LogP contribution in [0, 0.1) is 0 Å². The number of β-amino-alcohol motifs (C(OH)–C–C–N with tert-alkyl or cyclic N) is 1. The molecule has 19 heavy (non-hydrogen) atoms. The smallest absolute Gasteiger partial charge is 0.322 e. The lowest BCUT2D eigenvalue weighted by atomic mass is 10.2. The number of carboxylic acids is 1. The monoisotopic (exact) mass is 354 g/mol. The van der Waals surface area contributed by atoms with Crippen LogP contribution in [0.2, 0.25) is 0 Å². The van der Waals surface area contributed by atoms with Crippen LogP contribution in [-0.2, 0) is 21.9 Å². The molecule has 0 spiro atoms. The largest absolute Gasteiger partial charge is 0.480 e. The summed E-state index contributed by atoms with van der Waals surface area (Å²) in [6.07, 6.45) is -1.15. The van der Waals surface area contributed by atoms with E-state index >= 15 is 0 Å². The van der Waals surface area contributed by atoms with E-state index in [1.54, 1.807) is 0 Å². The Balaban J connectivity index is 2.48. The number of nitrogens with zero attached hydrogens (tertiary/aromatic N) is 4. The highest BCUT2D eigenvalue weighted by Crippen LogP contribution is 2.29. The SMILES string of the molecule is Cn1nnc(Br)c1S(=O)(=O)N1C[C@H](O)C[C@@H]1C(=O)O. The summed E-state index contributed by atoms with van der Waals surface area (Å²) in [5, 5.41) is 25.4. The lowest BCUT2D eigenvalue weighted by Crippen LogP contribution is -2.41. The van der Waals surface area contributed by atoms with Crippen molar-refractivity contribution in [1.29, 1.82) is 0 Å². The predicted molar refractivity (Wildman–Crippen MR) is 64.6 cm³/mol. The lowest BCUT2D eigenvalue weighted by molar-refractivity contribution is -0.140. The zero-order valence-corrected chi connectivity index (χ0v) is 12.2. The highest BCUT2D eigenvalue weighted by molar-refractivity contribution is 9.10. The van der Waals surface area contributed by atoms with Gasteiger partial charge >= 0.3 is 5.97 Å². The Bertz CT molecular complexity index is 595. The van der Waals surface area contributed by atoms with Crippen LogP contribution in [0.4, 0.5) is 0 Å². The van der Waals surface area contributed by atoms with Gasteiger partial charge in [-0.2, -0.15) is 4.31 Å². The normalized spacial score (nSPS) is 24.8. The van der Waals surface area contributed by atoms with Crippen molar-refractivity contribution < 1.29 is 23.4 Å². The number of carbonyl (C=O) groups is 1. The Morgan fingerprint density at radius 1 is 1.53 bits per heavy atom. The standard InChI is InChI=1S/C8H11BrN4O5S/c1-12-7(6(9)10-11-12)19(17,18)13-3-4(14)2-5(13)8(15)16/h4-5,14H,2-3H2,1H3,(H,15,16)/t4-,5-/m1/s1. The average Bonchev–Trinajstić information content (AvgIpc) is 2.83. The molecule has 1 fully saturated rings. The molecule has 2 rings (SSSR count). The highest BCUT2D eigenvalue weighted by Gasteiger charge is 2.45. The van der Waals surface area contributed by atoms with E-state index in [0.717, 1.165) is 8.99 Å². The van der Waals surface area contributed by atoms with Crippen molar-refractivity contribution >= 4 is 31.9 Å². The molecule has 0 amide bonds. The maximum absolute atomic E-state index is 12.4. The number of sulfonamides is 1. The number of carboxylic acid groups (broad SMARTS) is 1. The second kappa shape index (κ2) is 4.81. The third kappa shape index (κ3) is 2.38. The summed E-state index contributed by atoms with van der Waals surface area (Å²) in [4.78, 5) is 11.1. The fourth-order valence-corrected chi connectivity index (χ4v) is 4.65. The van der Waals surface area contributed by atoms with Gasteiger partial charge < -0.3 is 10.2 Å². The van der Waals surface area contributed by atoms with Crippen molar-refractivity contribution in [3.05, 3.63) is 4.60 Å². The molecule has 1 saturated heterocycles. The molecular formula is C8H11BrN4O5S. The molecule has 9 nitrogen and oxygen atoms in total. The molecule has 0 bridgehead atoms. The van der Waals surface area contributed by atoms with Crippen molar-refractivity contribution in [1.82, 2.24) is 19.3 Å². The van der Waals surface area contributed by atoms with Crippen molar-refractivity contribution in [2.24, 2.45) is 7.05 Å². The van der Waals surface area contributed by atoms with E-state index in [9.17, 15) is 18.3 Å². The molecule has 1 aliphatic heterocycles. The van der Waals surface area contributed by atoms with E-state index in [2.05, 4.69) is 26.2 Å². The van der Waals surface area contributed by atoms with E-state index in [-0.39, 0.29) is 22.6 Å². The summed E-state index contributed by atoms with van der Waals surface area (Å²) in [6.45, 7) is -0.267. The number of aliphatic carboxylic acids is 1. The van der Waals surface area contributed by atoms with Gasteiger partial charge in [0.25, 0.3) is 10.0 Å². The maximum atomic E-state index is 12.4. The molecule has 2 atom stereocenters. The van der Waals surface area contributed by atoms with Crippen molar-refractivity contribution in [2.45, 2.75) is 23.6 Å². The molecule has 1 aromatic heterocycles. The van der Waals surface area contributed by atoms with Gasteiger partial charge in [-0.3, -0.25) is 4.79 Å². The molecule has 0 aliphatic carbocycles. The van der Waals surface area contributed by atoms with Crippen LogP contribution in [0.15, 0.2) is 9.63 Å². The molecule has 106 valence electrons. The van der Waals surface area contributed by atoms with E-state index < -0.39 is 28.1 Å². The van der Waals surface area contributed by atoms with Crippen LogP contribution in [0.3, 0.4) is 0 Å². The first-order chi connectivity index (χ1) is 8.75. The first-order valence-corrected chi connectivity index (χ1v) is 7.46. The Hall–Kier alpha value is -1.04. The van der Waals surface area contributed by atoms with Crippen LogP contribution in [0.25, 0.3) is 0 Å². The van der Waals surface area contributed by atoms with Crippen molar-refractivity contribution in [3.8, 4) is 0 Å². The summed E-state index contributed by atoms with van der Waals surface area (Å²) in [6, 6.07) is -1.29. The Morgan fingerprint density at radius 2 is 2.16 bits per heavy atom. The zero-order chi connectivity index (χ0) is 14.4. The van der Waals surface area contributed by atoms with Crippen LogP contribution in [0.5, 0.6) is 0 Å². The summed E-state index contributed by atoms with van der Waals surface area (Å²) in [7, 11) is -2.72. The first-order valence-electron chi connectivity index (χ1n) is 5.23. The molecule has 0 aromatic carbocycles. The minimum Gasteiger partial charge on any atom is -0.480 e. The number of rotatable bonds is 3. The molecule has 11 heteroatoms. The van der Waals surface area contributed by atoms with Crippen molar-refractivity contribution in [3.63, 3.8) is 0 Å². The summed E-state index contributed by atoms with van der Waals surface area (Å²) < 4.78 is 26.6. The summed E-state index contributed by atoms with van der Waals surface area (Å²) in [5.74, 6) is -1.30. The third-order valence-corrected chi connectivity index (χ3v) is 5.57. The van der Waals surface area contributed by atoms with Gasteiger partial charge in [-0.15, -0.1) is 5.10 Å². The number of aliphatic hydroxyl groups excluding tert-OH is 1. The molecule has 2 N–H and O–H groups in total. The molecule has 0 radical (unpaired) electrons. The molecule has 0 saturated carbocycles. The Labute approximate surface area is 117 Å². The van der Waals surface area contributed by atoms with Gasteiger partial charge in [0.1, 0.15) is 6.04 Å². The van der Waals surface area contributed by atoms with E-state index in [4.69, 9.17) is 5.11 Å². The zero-order valence-electron chi connectivity index (χ0n) is 9.76. The number of hydrogen-bond donors (Lipinski definition) is 2. The maximum Gasteiger partial charge on any atom is 0.322 e. The van der Waals surface area contributed by atoms with Gasteiger partial charge in [0.15, 0.2) is 4.60 Å². The second-order valence-corrected chi connectivity index (χ2v) is 6.68. The van der Waals surface area contributed by atoms with Crippen molar-refractivity contribution in [2.75, 3.05) is 6.54 Å². The Morgan fingerprint density at radius 3 is 2.63 bits per heavy atom. The van der Waals surface area contributed by atoms with Gasteiger partial charge in [-0.05, 0) is 15.9 Å². The molecular weight excluding hydrogens is 344 g/mol. The molecule has 1 aliphatic rings. The third-order valence-electron chi connectivity index (χ3n) is 2.81. The minimum atomic E-state index is -4.10. The van der Waals surface area contributed by atoms with Crippen LogP contribution in [-0.4, -0.2) is 62.6 Å². The molecule has 0 unspecified atom stereocenters. The predicted octanol–water partition coefficient (Wildman–Crippen LogP) is -1.21. The van der Waals surface area contributed by atoms with E-state index in [0.29, 0.717) is 0 Å². The minimum absolute atomic E-state index is 0.000489. The average molecular weight is 355 g/mol. The van der Waals surface area contributed by atoms with Gasteiger partial charge in [0.05, 0.1) is 6.10 Å². The van der Waals surface area contributed by atoms with Crippen LogP contribution >= 0.6 is 15.9 Å².